The largest absolute Gasteiger partial charge is 0.465 e. The molecule has 0 unspecified atom stereocenters. The Labute approximate surface area is 113 Å². The number of carbonyl (C=O) groups is 1. The number of aromatic nitrogens is 1. The highest BCUT2D eigenvalue weighted by atomic mass is 16.7. The second-order valence-corrected chi connectivity index (χ2v) is 5.17. The first-order valence-electron chi connectivity index (χ1n) is 6.23. The molecule has 0 fully saturated rings. The summed E-state index contributed by atoms with van der Waals surface area (Å²) < 4.78 is 18.2. The van der Waals surface area contributed by atoms with Gasteiger partial charge in [-0.25, -0.2) is 9.36 Å². The molecule has 0 spiro atoms. The van der Waals surface area contributed by atoms with Crippen molar-refractivity contribution in [3.63, 3.8) is 0 Å². The molecule has 0 saturated carbocycles. The molecule has 2 heterocycles. The Balaban J connectivity index is 2.57. The van der Waals surface area contributed by atoms with E-state index < -0.39 is 5.79 Å². The number of ether oxygens (including phenoxy) is 3. The average Bonchev–Trinajstić information content (AvgIpc) is 2.50. The van der Waals surface area contributed by atoms with Gasteiger partial charge in [0.2, 0.25) is 0 Å². The van der Waals surface area contributed by atoms with Gasteiger partial charge in [0.1, 0.15) is 12.6 Å². The summed E-state index contributed by atoms with van der Waals surface area (Å²) in [6.07, 6.45) is 1.97. The molecule has 19 heavy (non-hydrogen) atoms. The van der Waals surface area contributed by atoms with Crippen molar-refractivity contribution in [2.75, 3.05) is 7.11 Å². The summed E-state index contributed by atoms with van der Waals surface area (Å²) in [5.41, 5.74) is 3.24. The van der Waals surface area contributed by atoms with Gasteiger partial charge in [0, 0.05) is 18.1 Å². The first-order valence-corrected chi connectivity index (χ1v) is 6.23. The summed E-state index contributed by atoms with van der Waals surface area (Å²) in [5, 5.41) is 0. The van der Waals surface area contributed by atoms with Crippen LogP contribution in [0.3, 0.4) is 0 Å². The van der Waals surface area contributed by atoms with Crippen molar-refractivity contribution in [2.24, 2.45) is 7.05 Å². The number of nitrogens with zero attached hydrogens (tertiary/aromatic N) is 1. The Hall–Kier alpha value is -1.46. The number of rotatable bonds is 1. The lowest BCUT2D eigenvalue weighted by atomic mass is 10.0. The normalized spacial score (nSPS) is 17.5. The van der Waals surface area contributed by atoms with Gasteiger partial charge in [0.15, 0.2) is 17.7 Å². The molecule has 0 atom stereocenters. The molecule has 0 amide bonds. The van der Waals surface area contributed by atoms with Gasteiger partial charge in [0.05, 0.1) is 20.3 Å². The van der Waals surface area contributed by atoms with E-state index in [4.69, 9.17) is 14.2 Å². The maximum atomic E-state index is 12.0. The highest BCUT2D eigenvalue weighted by Crippen LogP contribution is 2.27. The molecule has 104 valence electrons. The molecule has 5 heteroatoms. The van der Waals surface area contributed by atoms with E-state index in [1.165, 1.54) is 7.11 Å². The minimum atomic E-state index is -0.654. The molecule has 1 aliphatic rings. The third-order valence-electron chi connectivity index (χ3n) is 3.46. The van der Waals surface area contributed by atoms with E-state index in [0.717, 1.165) is 16.8 Å². The summed E-state index contributed by atoms with van der Waals surface area (Å²) in [5.74, 6) is -0.993. The lowest BCUT2D eigenvalue weighted by molar-refractivity contribution is -0.678. The number of methoxy groups -OCH3 is 1. The van der Waals surface area contributed by atoms with Crippen molar-refractivity contribution in [2.45, 2.75) is 39.8 Å². The van der Waals surface area contributed by atoms with Crippen molar-refractivity contribution < 1.29 is 23.6 Å². The van der Waals surface area contributed by atoms with Crippen LogP contribution in [0.5, 0.6) is 0 Å². The smallest absolute Gasteiger partial charge is 0.344 e. The molecule has 0 saturated heterocycles. The third kappa shape index (κ3) is 2.62. The van der Waals surface area contributed by atoms with Crippen molar-refractivity contribution >= 4 is 5.97 Å². The zero-order chi connectivity index (χ0) is 14.2. The summed E-state index contributed by atoms with van der Waals surface area (Å²) in [6.45, 7) is 6.38. The lowest BCUT2D eigenvalue weighted by Gasteiger charge is -2.22. The number of hydrogen-bond donors (Lipinski definition) is 0. The molecule has 2 rings (SSSR count). The fraction of sp³-hybridized carbons (Fsp3) is 0.571. The van der Waals surface area contributed by atoms with Crippen molar-refractivity contribution in [1.29, 1.82) is 0 Å². The Kier molecular flexibility index (Phi) is 3.60. The van der Waals surface area contributed by atoms with Crippen LogP contribution in [0.4, 0.5) is 0 Å². The van der Waals surface area contributed by atoms with Crippen LogP contribution in [0.1, 0.15) is 41.0 Å². The molecule has 1 aliphatic heterocycles. The maximum Gasteiger partial charge on any atom is 0.344 e. The molecule has 0 N–H and O–H groups in total. The van der Waals surface area contributed by atoms with E-state index in [1.807, 2.05) is 38.6 Å². The summed E-state index contributed by atoms with van der Waals surface area (Å²) in [6, 6.07) is 0. The van der Waals surface area contributed by atoms with Gasteiger partial charge in [-0.15, -0.1) is 0 Å². The van der Waals surface area contributed by atoms with E-state index in [1.54, 1.807) is 0 Å². The van der Waals surface area contributed by atoms with E-state index in [-0.39, 0.29) is 5.97 Å². The Morgan fingerprint density at radius 1 is 1.37 bits per heavy atom. The Morgan fingerprint density at radius 3 is 2.63 bits per heavy atom. The number of hydrogen-bond acceptors (Lipinski definition) is 4. The van der Waals surface area contributed by atoms with Crippen molar-refractivity contribution in [3.8, 4) is 0 Å². The van der Waals surface area contributed by atoms with Gasteiger partial charge in [-0.2, -0.15) is 0 Å². The van der Waals surface area contributed by atoms with Gasteiger partial charge < -0.3 is 14.2 Å². The van der Waals surface area contributed by atoms with Crippen LogP contribution in [0, 0.1) is 6.92 Å². The highest BCUT2D eigenvalue weighted by Gasteiger charge is 2.31. The summed E-state index contributed by atoms with van der Waals surface area (Å²) in [7, 11) is 3.29. The van der Waals surface area contributed by atoms with E-state index in [9.17, 15) is 4.79 Å². The summed E-state index contributed by atoms with van der Waals surface area (Å²) in [4.78, 5) is 12.0. The number of carbonyl (C=O) groups excluding carboxylic acids is 1. The van der Waals surface area contributed by atoms with Gasteiger partial charge in [0.25, 0.3) is 0 Å². The third-order valence-corrected chi connectivity index (χ3v) is 3.46. The topological polar surface area (TPSA) is 48.6 Å². The van der Waals surface area contributed by atoms with Crippen LogP contribution >= 0.6 is 0 Å². The fourth-order valence-corrected chi connectivity index (χ4v) is 2.17. The van der Waals surface area contributed by atoms with Gasteiger partial charge in [-0.05, 0) is 13.8 Å². The Bertz CT molecular complexity index is 523. The quantitative estimate of drug-likeness (QED) is 0.569. The zero-order valence-corrected chi connectivity index (χ0v) is 12.1. The SMILES string of the molecule is COC(=O)c1c2c(c[n+](C)c1C)COC(C)(C)OC2. The summed E-state index contributed by atoms with van der Waals surface area (Å²) >= 11 is 0. The molecule has 0 aliphatic carbocycles. The second-order valence-electron chi connectivity index (χ2n) is 5.17. The van der Waals surface area contributed by atoms with Crippen LogP contribution in [0.15, 0.2) is 6.20 Å². The van der Waals surface area contributed by atoms with Crippen LogP contribution in [-0.4, -0.2) is 18.9 Å². The number of pyridine rings is 1. The molecule has 5 nitrogen and oxygen atoms in total. The molecular formula is C14H20NO4+. The predicted molar refractivity (Wildman–Crippen MR) is 67.4 cm³/mol. The maximum absolute atomic E-state index is 12.0. The minimum absolute atomic E-state index is 0.340. The zero-order valence-electron chi connectivity index (χ0n) is 12.1. The first kappa shape index (κ1) is 14.0. The molecule has 0 radical (unpaired) electrons. The van der Waals surface area contributed by atoms with Gasteiger partial charge in [-0.3, -0.25) is 0 Å². The van der Waals surface area contributed by atoms with Gasteiger partial charge in [-0.1, -0.05) is 0 Å². The highest BCUT2D eigenvalue weighted by molar-refractivity contribution is 5.92. The van der Waals surface area contributed by atoms with Crippen molar-refractivity contribution in [3.05, 3.63) is 28.6 Å². The number of esters is 1. The fourth-order valence-electron chi connectivity index (χ4n) is 2.17. The first-order chi connectivity index (χ1) is 8.85. The van der Waals surface area contributed by atoms with Crippen LogP contribution < -0.4 is 4.57 Å². The molecule has 1 aromatic heterocycles. The van der Waals surface area contributed by atoms with Crippen molar-refractivity contribution in [1.82, 2.24) is 0 Å². The predicted octanol–water partition coefficient (Wildman–Crippen LogP) is 1.39. The van der Waals surface area contributed by atoms with Crippen LogP contribution in [0.25, 0.3) is 0 Å². The lowest BCUT2D eigenvalue weighted by Crippen LogP contribution is -2.36. The number of fused-ring (bicyclic) bond motifs is 1. The van der Waals surface area contributed by atoms with E-state index >= 15 is 0 Å². The molecular weight excluding hydrogens is 246 g/mol. The molecule has 0 bridgehead atoms. The average molecular weight is 266 g/mol. The van der Waals surface area contributed by atoms with E-state index in [0.29, 0.717) is 18.8 Å². The minimum Gasteiger partial charge on any atom is -0.465 e. The standard InChI is InChI=1S/C14H20NO4/c1-9-12(13(16)17-5)11-8-19-14(2,3)18-7-10(11)6-15(9)4/h6H,7-8H2,1-5H3/q+1. The van der Waals surface area contributed by atoms with E-state index in [2.05, 4.69) is 0 Å². The van der Waals surface area contributed by atoms with Gasteiger partial charge >= 0.3 is 5.97 Å². The molecule has 0 aromatic carbocycles. The monoisotopic (exact) mass is 266 g/mol. The molecule has 1 aromatic rings. The second kappa shape index (κ2) is 4.90. The van der Waals surface area contributed by atoms with Crippen LogP contribution in [-0.2, 0) is 34.5 Å². The number of aryl methyl sites for hydroxylation is 1. The van der Waals surface area contributed by atoms with Crippen LogP contribution in [0.2, 0.25) is 0 Å². The Morgan fingerprint density at radius 2 is 2.00 bits per heavy atom.